The van der Waals surface area contributed by atoms with E-state index < -0.39 is 28.3 Å². The summed E-state index contributed by atoms with van der Waals surface area (Å²) in [5.74, 6) is -0.761. The van der Waals surface area contributed by atoms with Gasteiger partial charge < -0.3 is 9.64 Å². The number of nitro benzene ring substituents is 2. The zero-order chi connectivity index (χ0) is 26.0. The lowest BCUT2D eigenvalue weighted by Crippen LogP contribution is -2.39. The minimum atomic E-state index is -0.875. The number of nitrogens with zero attached hydrogens (tertiary/aromatic N) is 4. The third-order valence-corrected chi connectivity index (χ3v) is 6.71. The lowest BCUT2D eigenvalue weighted by molar-refractivity contribution is -0.384. The first-order chi connectivity index (χ1) is 17.1. The molecule has 2 unspecified atom stereocenters. The van der Waals surface area contributed by atoms with Gasteiger partial charge in [0.1, 0.15) is 5.69 Å². The van der Waals surface area contributed by atoms with Crippen LogP contribution in [0.3, 0.4) is 0 Å². The highest BCUT2D eigenvalue weighted by Gasteiger charge is 2.28. The average Bonchev–Trinajstić information content (AvgIpc) is 3.22. The third kappa shape index (κ3) is 5.57. The topological polar surface area (TPSA) is 158 Å². The van der Waals surface area contributed by atoms with Gasteiger partial charge in [0.15, 0.2) is 11.7 Å². The van der Waals surface area contributed by atoms with E-state index in [9.17, 15) is 29.8 Å². The van der Waals surface area contributed by atoms with Gasteiger partial charge in [-0.15, -0.1) is 0 Å². The maximum atomic E-state index is 12.5. The van der Waals surface area contributed by atoms with Crippen molar-refractivity contribution < 1.29 is 24.2 Å². The third-order valence-electron chi connectivity index (χ3n) is 5.78. The van der Waals surface area contributed by atoms with Gasteiger partial charge in [0.25, 0.3) is 17.3 Å². The maximum Gasteiger partial charge on any atom is 0.338 e. The minimum Gasteiger partial charge on any atom is -0.452 e. The zero-order valence-electron chi connectivity index (χ0n) is 19.5. The van der Waals surface area contributed by atoms with Crippen LogP contribution in [0.4, 0.5) is 22.2 Å². The molecule has 2 aromatic carbocycles. The van der Waals surface area contributed by atoms with Crippen molar-refractivity contribution in [3.63, 3.8) is 0 Å². The number of amides is 1. The highest BCUT2D eigenvalue weighted by Crippen LogP contribution is 2.34. The quantitative estimate of drug-likeness (QED) is 0.275. The molecule has 0 bridgehead atoms. The molecule has 1 N–H and O–H groups in total. The molecule has 0 radical (unpaired) electrons. The summed E-state index contributed by atoms with van der Waals surface area (Å²) in [6.45, 7) is 4.95. The molecule has 2 heterocycles. The summed E-state index contributed by atoms with van der Waals surface area (Å²) in [7, 11) is 0. The Kier molecular flexibility index (Phi) is 7.10. The van der Waals surface area contributed by atoms with Crippen LogP contribution in [0.5, 0.6) is 0 Å². The molecule has 1 amide bonds. The molecule has 0 saturated carbocycles. The smallest absolute Gasteiger partial charge is 0.338 e. The number of thiazole rings is 1. The maximum absolute atomic E-state index is 12.5. The number of carbonyl (C=O) groups is 2. The number of non-ortho nitro benzene ring substituents is 1. The summed E-state index contributed by atoms with van der Waals surface area (Å²) >= 11 is 1.04. The second-order valence-electron chi connectivity index (χ2n) is 8.86. The van der Waals surface area contributed by atoms with E-state index in [1.165, 1.54) is 30.3 Å². The van der Waals surface area contributed by atoms with Gasteiger partial charge in [-0.1, -0.05) is 25.2 Å². The molecule has 1 aliphatic heterocycles. The van der Waals surface area contributed by atoms with Crippen molar-refractivity contribution >= 4 is 55.6 Å². The second-order valence-corrected chi connectivity index (χ2v) is 9.89. The fourth-order valence-corrected chi connectivity index (χ4v) is 5.29. The molecule has 1 saturated heterocycles. The van der Waals surface area contributed by atoms with Crippen LogP contribution in [-0.4, -0.2) is 46.4 Å². The summed E-state index contributed by atoms with van der Waals surface area (Å²) in [6, 6.07) is 8.30. The average molecular weight is 514 g/mol. The lowest BCUT2D eigenvalue weighted by atomic mass is 9.91. The summed E-state index contributed by atoms with van der Waals surface area (Å²) in [6.07, 6.45) is 1.05. The van der Waals surface area contributed by atoms with E-state index in [-0.39, 0.29) is 22.1 Å². The molecule has 0 spiro atoms. The largest absolute Gasteiger partial charge is 0.452 e. The number of fused-ring (bicyclic) bond motifs is 1. The van der Waals surface area contributed by atoms with Crippen LogP contribution in [0.2, 0.25) is 0 Å². The first-order valence-electron chi connectivity index (χ1n) is 11.2. The van der Waals surface area contributed by atoms with E-state index in [1.54, 1.807) is 6.07 Å². The van der Waals surface area contributed by atoms with Gasteiger partial charge in [0.05, 0.1) is 25.6 Å². The number of benzene rings is 2. The molecule has 13 heteroatoms. The Balaban J connectivity index is 1.41. The monoisotopic (exact) mass is 513 g/mol. The van der Waals surface area contributed by atoms with Gasteiger partial charge in [-0.05, 0) is 36.5 Å². The Hall–Kier alpha value is -4.13. The molecule has 36 heavy (non-hydrogen) atoms. The highest BCUT2D eigenvalue weighted by molar-refractivity contribution is 7.22. The molecule has 3 aromatic rings. The minimum absolute atomic E-state index is 0.0383. The fraction of sp³-hybridized carbons (Fsp3) is 0.348. The Bertz CT molecular complexity index is 1350. The summed E-state index contributed by atoms with van der Waals surface area (Å²) in [4.78, 5) is 52.5. The number of rotatable bonds is 7. The number of anilines is 2. The van der Waals surface area contributed by atoms with Crippen LogP contribution in [0.15, 0.2) is 36.4 Å². The Labute approximate surface area is 209 Å². The van der Waals surface area contributed by atoms with Crippen LogP contribution >= 0.6 is 11.3 Å². The first-order valence-corrected chi connectivity index (χ1v) is 12.0. The number of hydrogen-bond donors (Lipinski definition) is 1. The van der Waals surface area contributed by atoms with Crippen molar-refractivity contribution in [2.45, 2.75) is 20.3 Å². The molecule has 1 aromatic heterocycles. The lowest BCUT2D eigenvalue weighted by Gasteiger charge is -2.36. The molecule has 4 rings (SSSR count). The van der Waals surface area contributed by atoms with Gasteiger partial charge in [0, 0.05) is 31.3 Å². The van der Waals surface area contributed by atoms with Crippen molar-refractivity contribution in [3.05, 3.63) is 62.2 Å². The standard InChI is InChI=1S/C23H23N5O7S/c1-13-7-14(2)11-26(10-13)18-6-3-15(8-19(18)28(33)34)22(30)35-12-21(29)25-23-24-17-5-4-16(27(31)32)9-20(17)36-23/h3-6,8-9,13-14H,7,10-12H2,1-2H3,(H,24,25,29). The zero-order valence-corrected chi connectivity index (χ0v) is 20.3. The van der Waals surface area contributed by atoms with Gasteiger partial charge >= 0.3 is 5.97 Å². The molecular formula is C23H23N5O7S. The Morgan fingerprint density at radius 3 is 2.50 bits per heavy atom. The van der Waals surface area contributed by atoms with Crippen LogP contribution in [0, 0.1) is 32.1 Å². The first kappa shape index (κ1) is 25.0. The van der Waals surface area contributed by atoms with Crippen molar-refractivity contribution in [2.24, 2.45) is 11.8 Å². The molecule has 188 valence electrons. The van der Waals surface area contributed by atoms with Crippen molar-refractivity contribution in [3.8, 4) is 0 Å². The number of esters is 1. The van der Waals surface area contributed by atoms with Gasteiger partial charge in [-0.25, -0.2) is 9.78 Å². The number of ether oxygens (including phenoxy) is 1. The van der Waals surface area contributed by atoms with E-state index in [2.05, 4.69) is 24.1 Å². The number of carbonyl (C=O) groups excluding carboxylic acids is 2. The number of nitrogens with one attached hydrogen (secondary N) is 1. The molecule has 1 aliphatic rings. The van der Waals surface area contributed by atoms with E-state index in [1.807, 2.05) is 4.90 Å². The number of aromatic nitrogens is 1. The van der Waals surface area contributed by atoms with Crippen molar-refractivity contribution in [1.29, 1.82) is 0 Å². The van der Waals surface area contributed by atoms with E-state index in [0.717, 1.165) is 17.8 Å². The van der Waals surface area contributed by atoms with Crippen LogP contribution < -0.4 is 10.2 Å². The van der Waals surface area contributed by atoms with E-state index in [0.29, 0.717) is 40.8 Å². The fourth-order valence-electron chi connectivity index (χ4n) is 4.37. The number of hydrogen-bond acceptors (Lipinski definition) is 10. The van der Waals surface area contributed by atoms with Crippen molar-refractivity contribution in [2.75, 3.05) is 29.9 Å². The molecule has 0 aliphatic carbocycles. The van der Waals surface area contributed by atoms with Crippen molar-refractivity contribution in [1.82, 2.24) is 4.98 Å². The summed E-state index contributed by atoms with van der Waals surface area (Å²) in [5, 5.41) is 25.3. The molecular weight excluding hydrogens is 490 g/mol. The predicted octanol–water partition coefficient (Wildman–Crippen LogP) is 4.39. The normalized spacial score (nSPS) is 17.6. The van der Waals surface area contributed by atoms with E-state index in [4.69, 9.17) is 4.74 Å². The number of nitro groups is 2. The van der Waals surface area contributed by atoms with Crippen LogP contribution in [-0.2, 0) is 9.53 Å². The number of piperidine rings is 1. The van der Waals surface area contributed by atoms with Gasteiger partial charge in [-0.3, -0.25) is 30.3 Å². The second kappa shape index (κ2) is 10.2. The molecule has 2 atom stereocenters. The summed E-state index contributed by atoms with van der Waals surface area (Å²) < 4.78 is 5.56. The van der Waals surface area contributed by atoms with Crippen LogP contribution in [0.1, 0.15) is 30.6 Å². The molecule has 1 fully saturated rings. The summed E-state index contributed by atoms with van der Waals surface area (Å²) in [5.41, 5.74) is 0.594. The highest BCUT2D eigenvalue weighted by atomic mass is 32.1. The van der Waals surface area contributed by atoms with Gasteiger partial charge in [-0.2, -0.15) is 0 Å². The van der Waals surface area contributed by atoms with E-state index >= 15 is 0 Å². The molecule has 12 nitrogen and oxygen atoms in total. The Morgan fingerprint density at radius 1 is 1.11 bits per heavy atom. The van der Waals surface area contributed by atoms with Gasteiger partial charge in [0.2, 0.25) is 0 Å². The SMILES string of the molecule is CC1CC(C)CN(c2ccc(C(=O)OCC(=O)Nc3nc4ccc([N+](=O)[O-])cc4s3)cc2[N+](=O)[O-])C1. The Morgan fingerprint density at radius 2 is 1.83 bits per heavy atom. The van der Waals surface area contributed by atoms with Crippen LogP contribution in [0.25, 0.3) is 10.2 Å². The predicted molar refractivity (Wildman–Crippen MR) is 133 cm³/mol.